The Balaban J connectivity index is 2.82. The van der Waals surface area contributed by atoms with Gasteiger partial charge in [-0.1, -0.05) is 6.07 Å². The minimum absolute atomic E-state index is 0.0886. The fourth-order valence-corrected chi connectivity index (χ4v) is 1.67. The number of nitrogens with zero attached hydrogens (tertiary/aromatic N) is 1. The Hall–Kier alpha value is -1.16. The first kappa shape index (κ1) is 14.9. The van der Waals surface area contributed by atoms with Crippen molar-refractivity contribution in [2.75, 3.05) is 12.9 Å². The molecule has 1 aromatic rings. The van der Waals surface area contributed by atoms with E-state index in [4.69, 9.17) is 11.6 Å². The molecule has 0 fully saturated rings. The van der Waals surface area contributed by atoms with E-state index in [1.54, 1.807) is 20.9 Å². The maximum atomic E-state index is 13.4. The van der Waals surface area contributed by atoms with Crippen LogP contribution < -0.4 is 0 Å². The number of halogens is 3. The summed E-state index contributed by atoms with van der Waals surface area (Å²) in [5, 5.41) is 0. The van der Waals surface area contributed by atoms with Gasteiger partial charge >= 0.3 is 0 Å². The fourth-order valence-electron chi connectivity index (χ4n) is 1.55. The van der Waals surface area contributed by atoms with Crippen LogP contribution in [0.3, 0.4) is 0 Å². The Kier molecular flexibility index (Phi) is 4.68. The molecule has 0 radical (unpaired) electrons. The van der Waals surface area contributed by atoms with Crippen molar-refractivity contribution >= 4 is 17.5 Å². The molecule has 0 aliphatic rings. The van der Waals surface area contributed by atoms with Crippen LogP contribution in [0, 0.1) is 17.0 Å². The molecule has 0 heterocycles. The molecule has 0 aromatic heterocycles. The van der Waals surface area contributed by atoms with Gasteiger partial charge in [0.1, 0.15) is 11.6 Å². The molecule has 0 saturated heterocycles. The standard InChI is InChI=1S/C13H16ClF2NO/c1-13(2,8-14)12(18)17(3)7-9-4-5-10(15)6-11(9)16/h4-6H,7-8H2,1-3H3. The van der Waals surface area contributed by atoms with Gasteiger partial charge in [-0.3, -0.25) is 4.79 Å². The summed E-state index contributed by atoms with van der Waals surface area (Å²) in [4.78, 5) is 13.4. The molecule has 0 aliphatic heterocycles. The zero-order valence-electron chi connectivity index (χ0n) is 10.6. The Morgan fingerprint density at radius 3 is 2.50 bits per heavy atom. The maximum Gasteiger partial charge on any atom is 0.229 e. The van der Waals surface area contributed by atoms with Gasteiger partial charge in [0.15, 0.2) is 0 Å². The van der Waals surface area contributed by atoms with Crippen LogP contribution in [0.1, 0.15) is 19.4 Å². The molecule has 0 N–H and O–H groups in total. The molecule has 0 unspecified atom stereocenters. The number of carbonyl (C=O) groups is 1. The van der Waals surface area contributed by atoms with Crippen molar-refractivity contribution < 1.29 is 13.6 Å². The Morgan fingerprint density at radius 1 is 1.39 bits per heavy atom. The van der Waals surface area contributed by atoms with Crippen LogP contribution in [0.4, 0.5) is 8.78 Å². The lowest BCUT2D eigenvalue weighted by molar-refractivity contribution is -0.138. The summed E-state index contributed by atoms with van der Waals surface area (Å²) >= 11 is 5.72. The first-order chi connectivity index (χ1) is 8.27. The average Bonchev–Trinajstić information content (AvgIpc) is 2.31. The second kappa shape index (κ2) is 5.65. The predicted molar refractivity (Wildman–Crippen MR) is 67.3 cm³/mol. The maximum absolute atomic E-state index is 13.4. The lowest BCUT2D eigenvalue weighted by Crippen LogP contribution is -2.39. The Morgan fingerprint density at radius 2 is 2.00 bits per heavy atom. The van der Waals surface area contributed by atoms with Crippen LogP contribution in [0.25, 0.3) is 0 Å². The lowest BCUT2D eigenvalue weighted by Gasteiger charge is -2.27. The van der Waals surface area contributed by atoms with Crippen LogP contribution in [-0.2, 0) is 11.3 Å². The summed E-state index contributed by atoms with van der Waals surface area (Å²) in [6.45, 7) is 3.53. The average molecular weight is 276 g/mol. The number of hydrogen-bond donors (Lipinski definition) is 0. The second-order valence-electron chi connectivity index (χ2n) is 4.91. The van der Waals surface area contributed by atoms with Crippen LogP contribution >= 0.6 is 11.6 Å². The normalized spacial score (nSPS) is 11.4. The zero-order chi connectivity index (χ0) is 13.9. The van der Waals surface area contributed by atoms with Crippen LogP contribution in [0.5, 0.6) is 0 Å². The molecule has 1 amide bonds. The van der Waals surface area contributed by atoms with Gasteiger partial charge in [0.05, 0.1) is 5.41 Å². The summed E-state index contributed by atoms with van der Waals surface area (Å²) in [5.41, 5.74) is -0.426. The van der Waals surface area contributed by atoms with E-state index in [-0.39, 0.29) is 23.9 Å². The molecule has 0 atom stereocenters. The van der Waals surface area contributed by atoms with Crippen molar-refractivity contribution in [1.29, 1.82) is 0 Å². The highest BCUT2D eigenvalue weighted by Crippen LogP contribution is 2.21. The van der Waals surface area contributed by atoms with Gasteiger partial charge in [-0.15, -0.1) is 11.6 Å². The lowest BCUT2D eigenvalue weighted by atomic mass is 9.94. The number of carbonyl (C=O) groups excluding carboxylic acids is 1. The first-order valence-corrected chi connectivity index (χ1v) is 6.07. The minimum atomic E-state index is -0.702. The SMILES string of the molecule is CN(Cc1ccc(F)cc1F)C(=O)C(C)(C)CCl. The smallest absolute Gasteiger partial charge is 0.229 e. The largest absolute Gasteiger partial charge is 0.341 e. The van der Waals surface area contributed by atoms with Gasteiger partial charge in [0.25, 0.3) is 0 Å². The van der Waals surface area contributed by atoms with E-state index >= 15 is 0 Å². The monoisotopic (exact) mass is 275 g/mol. The van der Waals surface area contributed by atoms with E-state index in [9.17, 15) is 13.6 Å². The van der Waals surface area contributed by atoms with Crippen molar-refractivity contribution in [3.63, 3.8) is 0 Å². The molecule has 0 saturated carbocycles. The van der Waals surface area contributed by atoms with Crippen molar-refractivity contribution in [2.24, 2.45) is 5.41 Å². The number of benzene rings is 1. The van der Waals surface area contributed by atoms with E-state index in [2.05, 4.69) is 0 Å². The third kappa shape index (κ3) is 3.42. The van der Waals surface area contributed by atoms with E-state index in [0.717, 1.165) is 6.07 Å². The molecule has 0 aliphatic carbocycles. The molecular weight excluding hydrogens is 260 g/mol. The summed E-state index contributed by atoms with van der Waals surface area (Å²) in [7, 11) is 1.57. The highest BCUT2D eigenvalue weighted by molar-refractivity contribution is 6.19. The van der Waals surface area contributed by atoms with Crippen LogP contribution in [0.15, 0.2) is 18.2 Å². The van der Waals surface area contributed by atoms with Gasteiger partial charge in [-0.25, -0.2) is 8.78 Å². The third-order valence-electron chi connectivity index (χ3n) is 2.68. The molecule has 18 heavy (non-hydrogen) atoms. The summed E-state index contributed by atoms with van der Waals surface area (Å²) in [6.07, 6.45) is 0. The van der Waals surface area contributed by atoms with Crippen LogP contribution in [0.2, 0.25) is 0 Å². The van der Waals surface area contributed by atoms with Gasteiger partial charge < -0.3 is 4.90 Å². The van der Waals surface area contributed by atoms with E-state index in [0.29, 0.717) is 0 Å². The summed E-state index contributed by atoms with van der Waals surface area (Å²) in [5.74, 6) is -1.28. The predicted octanol–water partition coefficient (Wildman–Crippen LogP) is 3.19. The second-order valence-corrected chi connectivity index (χ2v) is 5.18. The minimum Gasteiger partial charge on any atom is -0.341 e. The molecule has 1 rings (SSSR count). The number of rotatable bonds is 4. The summed E-state index contributed by atoms with van der Waals surface area (Å²) < 4.78 is 26.2. The highest BCUT2D eigenvalue weighted by Gasteiger charge is 2.29. The van der Waals surface area contributed by atoms with Crippen molar-refractivity contribution in [1.82, 2.24) is 4.90 Å². The van der Waals surface area contributed by atoms with Crippen molar-refractivity contribution in [3.8, 4) is 0 Å². The molecule has 1 aromatic carbocycles. The van der Waals surface area contributed by atoms with Crippen LogP contribution in [-0.4, -0.2) is 23.7 Å². The van der Waals surface area contributed by atoms with E-state index in [1.807, 2.05) is 0 Å². The zero-order valence-corrected chi connectivity index (χ0v) is 11.4. The molecular formula is C13H16ClF2NO. The highest BCUT2D eigenvalue weighted by atomic mass is 35.5. The summed E-state index contributed by atoms with van der Waals surface area (Å²) in [6, 6.07) is 3.31. The van der Waals surface area contributed by atoms with Crippen molar-refractivity contribution in [3.05, 3.63) is 35.4 Å². The molecule has 100 valence electrons. The number of alkyl halides is 1. The Labute approximate surface area is 111 Å². The van der Waals surface area contributed by atoms with Gasteiger partial charge in [-0.05, 0) is 19.9 Å². The topological polar surface area (TPSA) is 20.3 Å². The third-order valence-corrected chi connectivity index (χ3v) is 3.35. The first-order valence-electron chi connectivity index (χ1n) is 5.53. The Bertz CT molecular complexity index is 449. The fraction of sp³-hybridized carbons (Fsp3) is 0.462. The quantitative estimate of drug-likeness (QED) is 0.773. The van der Waals surface area contributed by atoms with Gasteiger partial charge in [0.2, 0.25) is 5.91 Å². The van der Waals surface area contributed by atoms with E-state index < -0.39 is 17.0 Å². The molecule has 2 nitrogen and oxygen atoms in total. The van der Waals surface area contributed by atoms with Gasteiger partial charge in [-0.2, -0.15) is 0 Å². The molecule has 0 spiro atoms. The van der Waals surface area contributed by atoms with Crippen molar-refractivity contribution in [2.45, 2.75) is 20.4 Å². The molecule has 5 heteroatoms. The van der Waals surface area contributed by atoms with Gasteiger partial charge in [0, 0.05) is 31.1 Å². The molecule has 0 bridgehead atoms. The number of amides is 1. The van der Waals surface area contributed by atoms with E-state index in [1.165, 1.54) is 17.0 Å². The number of hydrogen-bond acceptors (Lipinski definition) is 1.